The number of carbonyl (C=O) groups excluding carboxylic acids is 2. The minimum absolute atomic E-state index is 0.0118. The Balaban J connectivity index is 1.94. The molecule has 0 unspecified atom stereocenters. The summed E-state index contributed by atoms with van der Waals surface area (Å²) in [5.74, 6) is -0.570. The van der Waals surface area contributed by atoms with Crippen LogP contribution in [0.5, 0.6) is 0 Å². The van der Waals surface area contributed by atoms with E-state index in [0.717, 1.165) is 0 Å². The van der Waals surface area contributed by atoms with E-state index in [9.17, 15) is 19.7 Å². The fourth-order valence-electron chi connectivity index (χ4n) is 2.51. The first-order chi connectivity index (χ1) is 12.8. The van der Waals surface area contributed by atoms with Gasteiger partial charge in [-0.1, -0.05) is 11.6 Å². The van der Waals surface area contributed by atoms with E-state index in [2.05, 4.69) is 5.32 Å². The number of nitrogens with zero attached hydrogens (tertiary/aromatic N) is 2. The lowest BCUT2D eigenvalue weighted by Gasteiger charge is -2.27. The molecule has 1 aliphatic heterocycles. The van der Waals surface area contributed by atoms with Crippen LogP contribution in [0.4, 0.5) is 5.69 Å². The van der Waals surface area contributed by atoms with Gasteiger partial charge in [0.2, 0.25) is 0 Å². The monoisotopic (exact) mass is 405 g/mol. The molecule has 2 aromatic rings. The molecular formula is C17H12ClN3O5S. The Morgan fingerprint density at radius 2 is 2.07 bits per heavy atom. The number of thiocarbonyl (C=S) groups is 1. The van der Waals surface area contributed by atoms with Gasteiger partial charge in [0.25, 0.3) is 17.5 Å². The number of amides is 2. The summed E-state index contributed by atoms with van der Waals surface area (Å²) in [5.41, 5.74) is 0.0689. The first-order valence-corrected chi connectivity index (χ1v) is 8.53. The average molecular weight is 406 g/mol. The number of hydrogen-bond donors (Lipinski definition) is 1. The Kier molecular flexibility index (Phi) is 5.06. The van der Waals surface area contributed by atoms with Gasteiger partial charge in [0.1, 0.15) is 22.1 Å². The molecule has 0 bridgehead atoms. The lowest BCUT2D eigenvalue weighted by atomic mass is 10.1. The van der Waals surface area contributed by atoms with Gasteiger partial charge in [-0.05, 0) is 49.5 Å². The van der Waals surface area contributed by atoms with Crippen molar-refractivity contribution in [1.29, 1.82) is 0 Å². The van der Waals surface area contributed by atoms with Gasteiger partial charge in [0, 0.05) is 18.2 Å². The van der Waals surface area contributed by atoms with Gasteiger partial charge in [-0.25, -0.2) is 0 Å². The number of likely N-dealkylation sites (N-methyl/N-ethyl adjacent to an activating group) is 1. The van der Waals surface area contributed by atoms with Crippen LogP contribution in [-0.2, 0) is 9.59 Å². The third-order valence-corrected chi connectivity index (χ3v) is 4.48. The summed E-state index contributed by atoms with van der Waals surface area (Å²) in [5, 5.41) is 13.5. The number of nitro groups is 1. The SMILES string of the molecule is CCN1C(=O)/C(=C\c2ccc(-c3ccc(Cl)c([N+](=O)[O-])c3)o2)C(=O)NC1=S. The molecule has 3 rings (SSSR count). The van der Waals surface area contributed by atoms with Crippen molar-refractivity contribution in [2.45, 2.75) is 6.92 Å². The lowest BCUT2D eigenvalue weighted by molar-refractivity contribution is -0.384. The average Bonchev–Trinajstić information content (AvgIpc) is 3.07. The highest BCUT2D eigenvalue weighted by atomic mass is 35.5. The maximum Gasteiger partial charge on any atom is 0.288 e. The van der Waals surface area contributed by atoms with Crippen molar-refractivity contribution in [2.24, 2.45) is 0 Å². The van der Waals surface area contributed by atoms with Crippen molar-refractivity contribution in [1.82, 2.24) is 10.2 Å². The first kappa shape index (κ1) is 18.7. The van der Waals surface area contributed by atoms with Gasteiger partial charge in [-0.2, -0.15) is 0 Å². The number of rotatable bonds is 4. The summed E-state index contributed by atoms with van der Waals surface area (Å²) in [6.07, 6.45) is 1.30. The molecule has 0 atom stereocenters. The number of benzene rings is 1. The Hall–Kier alpha value is -3.04. The van der Waals surface area contributed by atoms with Crippen molar-refractivity contribution < 1.29 is 18.9 Å². The van der Waals surface area contributed by atoms with Crippen molar-refractivity contribution in [2.75, 3.05) is 6.54 Å². The number of nitro benzene ring substituents is 1. The Morgan fingerprint density at radius 1 is 1.33 bits per heavy atom. The molecule has 1 fully saturated rings. The van der Waals surface area contributed by atoms with Crippen molar-refractivity contribution in [3.8, 4) is 11.3 Å². The third kappa shape index (κ3) is 3.60. The molecule has 0 radical (unpaired) electrons. The van der Waals surface area contributed by atoms with Crippen molar-refractivity contribution in [3.05, 3.63) is 56.8 Å². The fraction of sp³-hybridized carbons (Fsp3) is 0.118. The molecule has 1 aromatic carbocycles. The van der Waals surface area contributed by atoms with Crippen LogP contribution in [0.1, 0.15) is 12.7 Å². The van der Waals surface area contributed by atoms with E-state index in [-0.39, 0.29) is 27.2 Å². The quantitative estimate of drug-likeness (QED) is 0.275. The first-order valence-electron chi connectivity index (χ1n) is 7.74. The highest BCUT2D eigenvalue weighted by Crippen LogP contribution is 2.31. The minimum atomic E-state index is -0.616. The zero-order chi connectivity index (χ0) is 19.7. The molecule has 0 spiro atoms. The van der Waals surface area contributed by atoms with Gasteiger partial charge in [0.15, 0.2) is 5.11 Å². The minimum Gasteiger partial charge on any atom is -0.457 e. The van der Waals surface area contributed by atoms with Crippen LogP contribution in [0, 0.1) is 10.1 Å². The van der Waals surface area contributed by atoms with E-state index in [0.29, 0.717) is 17.9 Å². The van der Waals surface area contributed by atoms with Crippen LogP contribution in [0.3, 0.4) is 0 Å². The number of furan rings is 1. The highest BCUT2D eigenvalue weighted by molar-refractivity contribution is 7.80. The molecule has 2 amide bonds. The summed E-state index contributed by atoms with van der Waals surface area (Å²) in [4.78, 5) is 36.1. The number of nitrogens with one attached hydrogen (secondary N) is 1. The predicted octanol–water partition coefficient (Wildman–Crippen LogP) is 3.15. The lowest BCUT2D eigenvalue weighted by Crippen LogP contribution is -2.53. The van der Waals surface area contributed by atoms with Crippen molar-refractivity contribution >= 4 is 52.5 Å². The normalized spacial score (nSPS) is 16.0. The van der Waals surface area contributed by atoms with Crippen LogP contribution in [0.2, 0.25) is 5.02 Å². The number of carbonyl (C=O) groups is 2. The molecule has 8 nitrogen and oxygen atoms in total. The van der Waals surface area contributed by atoms with Gasteiger partial charge in [0.05, 0.1) is 4.92 Å². The molecule has 0 saturated carbocycles. The standard InChI is InChI=1S/C17H12ClN3O5S/c1-2-20-16(23)11(15(22)19-17(20)27)8-10-4-6-14(26-10)9-3-5-12(18)13(7-9)21(24)25/h3-8H,2H2,1H3,(H,19,22,27)/b11-8-. The van der Waals surface area contributed by atoms with Gasteiger partial charge >= 0.3 is 0 Å². The summed E-state index contributed by atoms with van der Waals surface area (Å²) < 4.78 is 5.61. The van der Waals surface area contributed by atoms with Crippen LogP contribution in [-0.4, -0.2) is 33.3 Å². The second-order valence-electron chi connectivity index (χ2n) is 5.49. The van der Waals surface area contributed by atoms with E-state index < -0.39 is 16.7 Å². The summed E-state index contributed by atoms with van der Waals surface area (Å²) in [6.45, 7) is 2.05. The van der Waals surface area contributed by atoms with E-state index in [1.54, 1.807) is 25.1 Å². The van der Waals surface area contributed by atoms with Gasteiger partial charge in [-0.15, -0.1) is 0 Å². The zero-order valence-electron chi connectivity index (χ0n) is 13.9. The van der Waals surface area contributed by atoms with E-state index in [1.807, 2.05) is 0 Å². The van der Waals surface area contributed by atoms with E-state index in [1.165, 1.54) is 23.1 Å². The molecule has 27 heavy (non-hydrogen) atoms. The van der Waals surface area contributed by atoms with E-state index in [4.69, 9.17) is 28.2 Å². The molecule has 1 N–H and O–H groups in total. The highest BCUT2D eigenvalue weighted by Gasteiger charge is 2.32. The second kappa shape index (κ2) is 7.29. The molecular weight excluding hydrogens is 394 g/mol. The Morgan fingerprint density at radius 3 is 2.74 bits per heavy atom. The second-order valence-corrected chi connectivity index (χ2v) is 6.29. The largest absolute Gasteiger partial charge is 0.457 e. The topological polar surface area (TPSA) is 106 Å². The van der Waals surface area contributed by atoms with E-state index >= 15 is 0 Å². The fourth-order valence-corrected chi connectivity index (χ4v) is 3.01. The number of hydrogen-bond acceptors (Lipinski definition) is 6. The van der Waals surface area contributed by atoms with Crippen LogP contribution >= 0.6 is 23.8 Å². The van der Waals surface area contributed by atoms with Crippen LogP contribution < -0.4 is 5.32 Å². The molecule has 1 aliphatic rings. The Labute approximate surface area is 163 Å². The Bertz CT molecular complexity index is 1010. The van der Waals surface area contributed by atoms with Gasteiger partial charge < -0.3 is 4.42 Å². The molecule has 1 aromatic heterocycles. The predicted molar refractivity (Wildman–Crippen MR) is 102 cm³/mol. The molecule has 10 heteroatoms. The summed E-state index contributed by atoms with van der Waals surface area (Å²) >= 11 is 10.8. The maximum atomic E-state index is 12.4. The molecule has 0 aliphatic carbocycles. The number of halogens is 1. The third-order valence-electron chi connectivity index (χ3n) is 3.84. The molecule has 138 valence electrons. The smallest absolute Gasteiger partial charge is 0.288 e. The van der Waals surface area contributed by atoms with Crippen LogP contribution in [0.15, 0.2) is 40.3 Å². The van der Waals surface area contributed by atoms with Crippen molar-refractivity contribution in [3.63, 3.8) is 0 Å². The maximum absolute atomic E-state index is 12.4. The zero-order valence-corrected chi connectivity index (χ0v) is 15.5. The molecule has 2 heterocycles. The molecule has 1 saturated heterocycles. The summed E-state index contributed by atoms with van der Waals surface area (Å²) in [7, 11) is 0. The van der Waals surface area contributed by atoms with Crippen LogP contribution in [0.25, 0.3) is 17.4 Å². The van der Waals surface area contributed by atoms with Gasteiger partial charge in [-0.3, -0.25) is 29.9 Å². The summed E-state index contributed by atoms with van der Waals surface area (Å²) in [6, 6.07) is 7.38.